The van der Waals surface area contributed by atoms with Gasteiger partial charge in [-0.1, -0.05) is 95.7 Å². The Morgan fingerprint density at radius 2 is 1.57 bits per heavy atom. The number of halogens is 1. The van der Waals surface area contributed by atoms with Gasteiger partial charge in [0.25, 0.3) is 0 Å². The molecule has 0 fully saturated rings. The maximum Gasteiger partial charge on any atom is 0.0446 e. The zero-order chi connectivity index (χ0) is 19.3. The molecule has 3 aromatic carbocycles. The SMILES string of the molecule is CC1C=C(c2ccc3c(c2)-c2ccccc2C3(C)c2ccccc2Br)C=CC1. The van der Waals surface area contributed by atoms with Crippen LogP contribution < -0.4 is 0 Å². The lowest BCUT2D eigenvalue weighted by Gasteiger charge is -2.29. The Hall–Kier alpha value is -2.38. The van der Waals surface area contributed by atoms with Gasteiger partial charge in [0.15, 0.2) is 0 Å². The molecule has 0 N–H and O–H groups in total. The summed E-state index contributed by atoms with van der Waals surface area (Å²) < 4.78 is 1.16. The summed E-state index contributed by atoms with van der Waals surface area (Å²) in [6, 6.07) is 24.5. The molecular formula is C27H23Br. The maximum absolute atomic E-state index is 3.81. The molecule has 2 unspecified atom stereocenters. The van der Waals surface area contributed by atoms with Crippen molar-refractivity contribution >= 4 is 21.5 Å². The van der Waals surface area contributed by atoms with E-state index in [1.807, 2.05) is 0 Å². The molecule has 0 bridgehead atoms. The van der Waals surface area contributed by atoms with Gasteiger partial charge in [-0.25, -0.2) is 0 Å². The van der Waals surface area contributed by atoms with Crippen molar-refractivity contribution in [3.8, 4) is 11.1 Å². The van der Waals surface area contributed by atoms with Crippen LogP contribution in [0.2, 0.25) is 0 Å². The molecule has 1 heteroatoms. The summed E-state index contributed by atoms with van der Waals surface area (Å²) in [6.07, 6.45) is 8.11. The van der Waals surface area contributed by atoms with Crippen molar-refractivity contribution in [1.29, 1.82) is 0 Å². The topological polar surface area (TPSA) is 0 Å². The summed E-state index contributed by atoms with van der Waals surface area (Å²) in [7, 11) is 0. The number of hydrogen-bond donors (Lipinski definition) is 0. The Morgan fingerprint density at radius 1 is 0.857 bits per heavy atom. The highest BCUT2D eigenvalue weighted by Crippen LogP contribution is 2.54. The molecule has 0 saturated carbocycles. The van der Waals surface area contributed by atoms with Crippen LogP contribution in [0.3, 0.4) is 0 Å². The van der Waals surface area contributed by atoms with E-state index in [0.29, 0.717) is 5.92 Å². The predicted molar refractivity (Wildman–Crippen MR) is 122 cm³/mol. The van der Waals surface area contributed by atoms with Crippen LogP contribution in [0.25, 0.3) is 16.7 Å². The van der Waals surface area contributed by atoms with Crippen molar-refractivity contribution in [2.45, 2.75) is 25.7 Å². The van der Waals surface area contributed by atoms with Gasteiger partial charge in [0.1, 0.15) is 0 Å². The third-order valence-electron chi connectivity index (χ3n) is 6.33. The first-order chi connectivity index (χ1) is 13.6. The zero-order valence-corrected chi connectivity index (χ0v) is 17.8. The Balaban J connectivity index is 1.75. The van der Waals surface area contributed by atoms with Gasteiger partial charge < -0.3 is 0 Å². The molecule has 2 aliphatic rings. The number of rotatable bonds is 2. The van der Waals surface area contributed by atoms with Crippen LogP contribution in [-0.2, 0) is 5.41 Å². The summed E-state index contributed by atoms with van der Waals surface area (Å²) >= 11 is 3.81. The van der Waals surface area contributed by atoms with E-state index in [9.17, 15) is 0 Å². The van der Waals surface area contributed by atoms with Crippen molar-refractivity contribution in [3.05, 3.63) is 112 Å². The van der Waals surface area contributed by atoms with Crippen LogP contribution in [0.15, 0.2) is 89.4 Å². The molecule has 3 aromatic rings. The normalized spacial score (nSPS) is 22.5. The minimum absolute atomic E-state index is 0.158. The van der Waals surface area contributed by atoms with Gasteiger partial charge in [0.2, 0.25) is 0 Å². The van der Waals surface area contributed by atoms with E-state index in [4.69, 9.17) is 0 Å². The number of allylic oxidation sites excluding steroid dienone is 4. The van der Waals surface area contributed by atoms with Crippen molar-refractivity contribution in [2.75, 3.05) is 0 Å². The molecule has 0 aromatic heterocycles. The first-order valence-corrected chi connectivity index (χ1v) is 10.8. The van der Waals surface area contributed by atoms with Gasteiger partial charge in [-0.05, 0) is 70.3 Å². The Bertz CT molecular complexity index is 1130. The number of hydrogen-bond acceptors (Lipinski definition) is 0. The molecule has 0 heterocycles. The van der Waals surface area contributed by atoms with E-state index < -0.39 is 0 Å². The van der Waals surface area contributed by atoms with E-state index in [1.54, 1.807) is 0 Å². The highest BCUT2D eigenvalue weighted by atomic mass is 79.9. The smallest absolute Gasteiger partial charge is 0.0446 e. The van der Waals surface area contributed by atoms with E-state index >= 15 is 0 Å². The maximum atomic E-state index is 3.81. The molecule has 0 amide bonds. The third-order valence-corrected chi connectivity index (χ3v) is 7.02. The lowest BCUT2D eigenvalue weighted by molar-refractivity contribution is 0.709. The number of fused-ring (bicyclic) bond motifs is 3. The second kappa shape index (κ2) is 6.60. The van der Waals surface area contributed by atoms with E-state index in [1.165, 1.54) is 39.0 Å². The average Bonchev–Trinajstić information content (AvgIpc) is 2.98. The van der Waals surface area contributed by atoms with Crippen LogP contribution in [0, 0.1) is 5.92 Å². The summed E-state index contributed by atoms with van der Waals surface area (Å²) in [6.45, 7) is 4.65. The summed E-state index contributed by atoms with van der Waals surface area (Å²) in [5.74, 6) is 0.603. The largest absolute Gasteiger partial charge is 0.0834 e. The Labute approximate surface area is 175 Å². The number of benzene rings is 3. The molecule has 5 rings (SSSR count). The van der Waals surface area contributed by atoms with Crippen LogP contribution in [-0.4, -0.2) is 0 Å². The van der Waals surface area contributed by atoms with Crippen LogP contribution in [0.1, 0.15) is 42.5 Å². The first-order valence-electron chi connectivity index (χ1n) is 9.97. The van der Waals surface area contributed by atoms with E-state index in [-0.39, 0.29) is 5.41 Å². The van der Waals surface area contributed by atoms with Gasteiger partial charge in [-0.2, -0.15) is 0 Å². The van der Waals surface area contributed by atoms with Crippen LogP contribution in [0.5, 0.6) is 0 Å². The standard InChI is InChI=1S/C27H23Br/c1-18-8-7-9-19(16-18)20-14-15-24-22(17-20)21-10-3-4-11-23(21)27(24,2)25-12-5-6-13-26(25)28/h3-7,9-18H,8H2,1-2H3. The van der Waals surface area contributed by atoms with Crippen molar-refractivity contribution < 1.29 is 0 Å². The third kappa shape index (κ3) is 2.57. The highest BCUT2D eigenvalue weighted by Gasteiger charge is 2.41. The fourth-order valence-corrected chi connectivity index (χ4v) is 5.55. The summed E-state index contributed by atoms with van der Waals surface area (Å²) in [5, 5.41) is 0. The van der Waals surface area contributed by atoms with Gasteiger partial charge >= 0.3 is 0 Å². The quantitative estimate of drug-likeness (QED) is 0.392. The average molecular weight is 427 g/mol. The Kier molecular flexibility index (Phi) is 4.17. The van der Waals surface area contributed by atoms with Crippen LogP contribution >= 0.6 is 15.9 Å². The van der Waals surface area contributed by atoms with Gasteiger partial charge in [0.05, 0.1) is 0 Å². The molecule has 0 spiro atoms. The molecular weight excluding hydrogens is 404 g/mol. The highest BCUT2D eigenvalue weighted by molar-refractivity contribution is 9.10. The molecule has 0 aliphatic heterocycles. The van der Waals surface area contributed by atoms with Crippen LogP contribution in [0.4, 0.5) is 0 Å². The summed E-state index contributed by atoms with van der Waals surface area (Å²) in [4.78, 5) is 0. The molecule has 0 nitrogen and oxygen atoms in total. The molecule has 0 saturated heterocycles. The Morgan fingerprint density at radius 3 is 2.36 bits per heavy atom. The first kappa shape index (κ1) is 17.7. The van der Waals surface area contributed by atoms with Crippen molar-refractivity contribution in [2.24, 2.45) is 5.92 Å². The molecule has 28 heavy (non-hydrogen) atoms. The minimum Gasteiger partial charge on any atom is -0.0834 e. The minimum atomic E-state index is -0.158. The second-order valence-electron chi connectivity index (χ2n) is 8.15. The zero-order valence-electron chi connectivity index (χ0n) is 16.2. The molecule has 2 aliphatic carbocycles. The summed E-state index contributed by atoms with van der Waals surface area (Å²) in [5.41, 5.74) is 9.30. The lowest BCUT2D eigenvalue weighted by Crippen LogP contribution is -2.23. The lowest BCUT2D eigenvalue weighted by atomic mass is 9.74. The van der Waals surface area contributed by atoms with Crippen molar-refractivity contribution in [3.63, 3.8) is 0 Å². The predicted octanol–water partition coefficient (Wildman–Crippen LogP) is 7.76. The van der Waals surface area contributed by atoms with Gasteiger partial charge in [-0.3, -0.25) is 0 Å². The van der Waals surface area contributed by atoms with Gasteiger partial charge in [0, 0.05) is 9.89 Å². The van der Waals surface area contributed by atoms with Gasteiger partial charge in [-0.15, -0.1) is 0 Å². The van der Waals surface area contributed by atoms with Crippen molar-refractivity contribution in [1.82, 2.24) is 0 Å². The monoisotopic (exact) mass is 426 g/mol. The van der Waals surface area contributed by atoms with E-state index in [0.717, 1.165) is 10.9 Å². The molecule has 2 atom stereocenters. The fourth-order valence-electron chi connectivity index (χ4n) is 4.87. The molecule has 138 valence electrons. The second-order valence-corrected chi connectivity index (χ2v) is 9.00. The molecule has 0 radical (unpaired) electrons. The fraction of sp³-hybridized carbons (Fsp3) is 0.185. The van der Waals surface area contributed by atoms with E-state index in [2.05, 4.69) is 115 Å².